The molecule has 4 rings (SSSR count). The standard InChI is InChI=1S/C54H85NP2S2Si2/c1-10-17-40-55(56(51-28-24-26-30-53(51)58-8)47-32-36-49(37-33-47)60(41-18-11-2,42-19-12-3)43-20-13-4)57(52-29-25-27-31-54(52)59-9)48-34-38-50(39-35-48)61(44-21-14-5,45-22-15-6)46-23-16-7/h24-39H,10-23,40-46H2,1-9H3. The average molecular weight is 931 g/mol. The van der Waals surface area contributed by atoms with Gasteiger partial charge in [-0.05, 0) is 41.7 Å². The van der Waals surface area contributed by atoms with Gasteiger partial charge in [0.15, 0.2) is 0 Å². The van der Waals surface area contributed by atoms with Crippen molar-refractivity contribution in [3.05, 3.63) is 97.1 Å². The summed E-state index contributed by atoms with van der Waals surface area (Å²) >= 11 is 3.87. The van der Waals surface area contributed by atoms with Crippen molar-refractivity contribution >= 4 is 87.4 Å². The van der Waals surface area contributed by atoms with Crippen molar-refractivity contribution in [1.82, 2.24) is 4.44 Å². The average Bonchev–Trinajstić information content (AvgIpc) is 3.31. The molecule has 0 N–H and O–H groups in total. The van der Waals surface area contributed by atoms with E-state index in [9.17, 15) is 0 Å². The summed E-state index contributed by atoms with van der Waals surface area (Å²) < 4.78 is 3.06. The van der Waals surface area contributed by atoms with Gasteiger partial charge in [0.25, 0.3) is 0 Å². The molecule has 0 bridgehead atoms. The highest BCUT2D eigenvalue weighted by molar-refractivity contribution is 8.00. The van der Waals surface area contributed by atoms with Gasteiger partial charge in [0, 0.05) is 43.1 Å². The van der Waals surface area contributed by atoms with Crippen LogP contribution in [0.4, 0.5) is 0 Å². The Bertz CT molecular complexity index is 1610. The molecule has 0 heterocycles. The largest absolute Gasteiger partial charge is 0.245 e. The molecule has 2 atom stereocenters. The smallest absolute Gasteiger partial charge is 0.0867 e. The van der Waals surface area contributed by atoms with Crippen LogP contribution in [-0.4, -0.2) is 39.6 Å². The van der Waals surface area contributed by atoms with Gasteiger partial charge < -0.3 is 0 Å². The molecule has 2 unspecified atom stereocenters. The Morgan fingerprint density at radius 1 is 0.393 bits per heavy atom. The molecule has 61 heavy (non-hydrogen) atoms. The van der Waals surface area contributed by atoms with E-state index in [-0.39, 0.29) is 0 Å². The summed E-state index contributed by atoms with van der Waals surface area (Å²) in [4.78, 5) is 2.86. The van der Waals surface area contributed by atoms with Gasteiger partial charge in [-0.2, -0.15) is 0 Å². The lowest BCUT2D eigenvalue weighted by Gasteiger charge is -2.41. The number of hydrogen-bond acceptors (Lipinski definition) is 3. The fraction of sp³-hybridized carbons (Fsp3) is 0.556. The first-order valence-electron chi connectivity index (χ1n) is 24.7. The molecule has 0 spiro atoms. The molecule has 1 nitrogen and oxygen atoms in total. The third kappa shape index (κ3) is 14.4. The maximum Gasteiger partial charge on any atom is 0.0867 e. The Kier molecular flexibility index (Phi) is 24.7. The maximum atomic E-state index is 3.06. The molecule has 336 valence electrons. The quantitative estimate of drug-likeness (QED) is 0.0281. The van der Waals surface area contributed by atoms with Crippen LogP contribution in [0.2, 0.25) is 36.3 Å². The second-order valence-electron chi connectivity index (χ2n) is 17.7. The lowest BCUT2D eigenvalue weighted by molar-refractivity contribution is 0.646. The van der Waals surface area contributed by atoms with Gasteiger partial charge in [-0.25, -0.2) is 4.44 Å². The highest BCUT2D eigenvalue weighted by Crippen LogP contribution is 2.56. The van der Waals surface area contributed by atoms with E-state index in [1.54, 1.807) is 10.4 Å². The first-order chi connectivity index (χ1) is 29.9. The Labute approximate surface area is 389 Å². The first-order valence-corrected chi connectivity index (χ1v) is 35.0. The van der Waals surface area contributed by atoms with E-state index in [0.29, 0.717) is 0 Å². The number of thioether (sulfide) groups is 2. The normalized spacial score (nSPS) is 13.2. The van der Waals surface area contributed by atoms with Gasteiger partial charge in [-0.3, -0.25) is 0 Å². The van der Waals surface area contributed by atoms with Crippen LogP contribution in [0.5, 0.6) is 0 Å². The van der Waals surface area contributed by atoms with Crippen molar-refractivity contribution < 1.29 is 0 Å². The van der Waals surface area contributed by atoms with E-state index in [2.05, 4.69) is 162 Å². The molecule has 0 radical (unpaired) electrons. The molecule has 7 heteroatoms. The number of hydrogen-bond donors (Lipinski definition) is 0. The Morgan fingerprint density at radius 3 is 0.967 bits per heavy atom. The van der Waals surface area contributed by atoms with Crippen LogP contribution in [0.1, 0.15) is 138 Å². The summed E-state index contributed by atoms with van der Waals surface area (Å²) in [6, 6.07) is 48.8. The van der Waals surface area contributed by atoms with Crippen LogP contribution in [-0.2, 0) is 0 Å². The van der Waals surface area contributed by atoms with Gasteiger partial charge in [0.1, 0.15) is 0 Å². The molecule has 0 aliphatic heterocycles. The molecular weight excluding hydrogens is 845 g/mol. The Morgan fingerprint density at radius 2 is 0.689 bits per heavy atom. The highest BCUT2D eigenvalue weighted by Gasteiger charge is 2.37. The molecule has 4 aromatic rings. The molecule has 0 saturated carbocycles. The second kappa shape index (κ2) is 28.7. The summed E-state index contributed by atoms with van der Waals surface area (Å²) in [6.45, 7) is 17.9. The van der Waals surface area contributed by atoms with Crippen LogP contribution in [0.15, 0.2) is 107 Å². The molecule has 0 aliphatic carbocycles. The number of benzene rings is 4. The van der Waals surface area contributed by atoms with Crippen molar-refractivity contribution in [1.29, 1.82) is 0 Å². The zero-order chi connectivity index (χ0) is 43.9. The first kappa shape index (κ1) is 52.5. The van der Waals surface area contributed by atoms with E-state index in [4.69, 9.17) is 0 Å². The van der Waals surface area contributed by atoms with Crippen LogP contribution in [0, 0.1) is 0 Å². The van der Waals surface area contributed by atoms with Crippen molar-refractivity contribution in [2.24, 2.45) is 0 Å². The minimum Gasteiger partial charge on any atom is -0.245 e. The number of nitrogens with zero attached hydrogens (tertiary/aromatic N) is 1. The molecule has 0 saturated heterocycles. The van der Waals surface area contributed by atoms with E-state index in [1.165, 1.54) is 157 Å². The van der Waals surface area contributed by atoms with E-state index < -0.39 is 32.3 Å². The van der Waals surface area contributed by atoms with Crippen molar-refractivity contribution in [2.75, 3.05) is 19.1 Å². The third-order valence-electron chi connectivity index (χ3n) is 13.3. The van der Waals surface area contributed by atoms with E-state index >= 15 is 0 Å². The zero-order valence-electron chi connectivity index (χ0n) is 40.2. The second-order valence-corrected chi connectivity index (χ2v) is 33.2. The fourth-order valence-electron chi connectivity index (χ4n) is 9.61. The Hall–Kier alpha value is -1.17. The predicted octanol–water partition coefficient (Wildman–Crippen LogP) is 15.7. The lowest BCUT2D eigenvalue weighted by Crippen LogP contribution is -2.48. The van der Waals surface area contributed by atoms with Gasteiger partial charge >= 0.3 is 0 Å². The van der Waals surface area contributed by atoms with Crippen LogP contribution in [0.3, 0.4) is 0 Å². The Balaban J connectivity index is 2.00. The molecule has 0 fully saturated rings. The molecule has 4 aromatic carbocycles. The summed E-state index contributed by atoms with van der Waals surface area (Å²) in [5.74, 6) is 0. The predicted molar refractivity (Wildman–Crippen MR) is 292 cm³/mol. The SMILES string of the molecule is CCCCN(P(c1ccc([Si](CCCC)(CCCC)CCCC)cc1)c1ccccc1SC)P(c1ccc([Si](CCCC)(CCCC)CCCC)cc1)c1ccccc1SC. The molecule has 0 amide bonds. The van der Waals surface area contributed by atoms with Crippen LogP contribution >= 0.6 is 39.7 Å². The minimum absolute atomic E-state index is 0.836. The van der Waals surface area contributed by atoms with Crippen LogP contribution in [0.25, 0.3) is 0 Å². The zero-order valence-corrected chi connectivity index (χ0v) is 45.7. The maximum absolute atomic E-state index is 3.06. The number of rotatable bonds is 31. The summed E-state index contributed by atoms with van der Waals surface area (Å²) in [7, 11) is -4.93. The minimum atomic E-state index is -1.63. The van der Waals surface area contributed by atoms with E-state index in [1.807, 2.05) is 23.5 Å². The highest BCUT2D eigenvalue weighted by atomic mass is 32.2. The third-order valence-corrected chi connectivity index (χ3v) is 31.8. The fourth-order valence-corrected chi connectivity index (χ4v) is 28.9. The van der Waals surface area contributed by atoms with Crippen molar-refractivity contribution in [2.45, 2.75) is 184 Å². The van der Waals surface area contributed by atoms with Gasteiger partial charge in [-0.1, -0.05) is 264 Å². The molecule has 0 aromatic heterocycles. The topological polar surface area (TPSA) is 3.24 Å². The summed E-state index contributed by atoms with van der Waals surface area (Å²) in [6.07, 6.45) is 23.0. The monoisotopic (exact) mass is 930 g/mol. The van der Waals surface area contributed by atoms with Gasteiger partial charge in [0.2, 0.25) is 0 Å². The van der Waals surface area contributed by atoms with Crippen LogP contribution < -0.4 is 31.6 Å². The molecular formula is C54H85NP2S2Si2. The summed E-state index contributed by atoms with van der Waals surface area (Å²) in [5.41, 5.74) is 0. The van der Waals surface area contributed by atoms with E-state index in [0.717, 1.165) is 6.54 Å². The lowest BCUT2D eigenvalue weighted by atomic mass is 10.3. The summed E-state index contributed by atoms with van der Waals surface area (Å²) in [5, 5.41) is 9.56. The van der Waals surface area contributed by atoms with Gasteiger partial charge in [-0.15, -0.1) is 23.5 Å². The van der Waals surface area contributed by atoms with Crippen molar-refractivity contribution in [3.63, 3.8) is 0 Å². The van der Waals surface area contributed by atoms with Gasteiger partial charge in [0.05, 0.1) is 16.1 Å². The van der Waals surface area contributed by atoms with Crippen molar-refractivity contribution in [3.8, 4) is 0 Å². The molecule has 0 aliphatic rings. The number of unbranched alkanes of at least 4 members (excludes halogenated alkanes) is 7.